The van der Waals surface area contributed by atoms with Crippen LogP contribution in [0.15, 0.2) is 182 Å². The van der Waals surface area contributed by atoms with Gasteiger partial charge in [-0.05, 0) is 69.8 Å². The van der Waals surface area contributed by atoms with E-state index in [9.17, 15) is 0 Å². The summed E-state index contributed by atoms with van der Waals surface area (Å²) < 4.78 is 2.49. The Hall–Kier alpha value is -7.30. The molecule has 8 aromatic carbocycles. The van der Waals surface area contributed by atoms with E-state index in [1.165, 1.54) is 71.4 Å². The highest BCUT2D eigenvalue weighted by atomic mass is 15.2. The predicted octanol–water partition coefficient (Wildman–Crippen LogP) is 12.9. The van der Waals surface area contributed by atoms with Crippen molar-refractivity contribution in [2.45, 2.75) is 12.0 Å². The molecule has 2 unspecified atom stereocenters. The zero-order valence-corrected chi connectivity index (χ0v) is 30.3. The number of allylic oxidation sites excluding steroid dienone is 2. The molecule has 0 amide bonds. The van der Waals surface area contributed by atoms with Gasteiger partial charge < -0.3 is 9.47 Å². The molecule has 4 heterocycles. The van der Waals surface area contributed by atoms with Gasteiger partial charge in [0.15, 0.2) is 0 Å². The van der Waals surface area contributed by atoms with Gasteiger partial charge in [-0.15, -0.1) is 0 Å². The summed E-state index contributed by atoms with van der Waals surface area (Å²) in [5, 5.41) is 7.74. The lowest BCUT2D eigenvalue weighted by Crippen LogP contribution is -2.26. The van der Waals surface area contributed by atoms with Crippen LogP contribution in [0.4, 0.5) is 11.4 Å². The van der Waals surface area contributed by atoms with E-state index in [1.807, 2.05) is 30.3 Å². The van der Waals surface area contributed by atoms with Crippen LogP contribution < -0.4 is 4.90 Å². The molecule has 13 rings (SSSR count). The maximum absolute atomic E-state index is 5.20. The van der Waals surface area contributed by atoms with Gasteiger partial charge in [0, 0.05) is 44.5 Å². The van der Waals surface area contributed by atoms with Gasteiger partial charge in [-0.1, -0.05) is 140 Å². The van der Waals surface area contributed by atoms with E-state index >= 15 is 0 Å². The third kappa shape index (κ3) is 3.97. The number of hydrogen-bond acceptors (Lipinski definition) is 3. The van der Waals surface area contributed by atoms with Crippen molar-refractivity contribution in [2.24, 2.45) is 0 Å². The zero-order valence-electron chi connectivity index (χ0n) is 30.3. The van der Waals surface area contributed by atoms with Crippen molar-refractivity contribution in [3.05, 3.63) is 193 Å². The fourth-order valence-corrected chi connectivity index (χ4v) is 10.1. The molecule has 0 saturated carbocycles. The Balaban J connectivity index is 1.08. The standard InChI is InChI=1S/C52H32N4/c1-2-13-31(14-3-1)48-49(54-43-23-10-9-22-42(43)53-48)32-25-27-35(28-26-32)55-44-24-11-8-19-39(44)47-51(55)37-18-7-6-17-36(37)46-40-21-12-20-38-41-29-33-15-4-5-16-34(33)30-45(41)56(50(38)40)52(46)47/h1-30,40,50H. The molecular formula is C52H32N4. The van der Waals surface area contributed by atoms with Crippen molar-refractivity contribution in [1.82, 2.24) is 14.5 Å². The molecule has 0 bridgehead atoms. The number of hydrogen-bond donors (Lipinski definition) is 0. The number of benzene rings is 8. The summed E-state index contributed by atoms with van der Waals surface area (Å²) in [5.74, 6) is 0.248. The Labute approximate surface area is 322 Å². The minimum atomic E-state index is 0.221. The smallest absolute Gasteiger partial charge is 0.0973 e. The van der Waals surface area contributed by atoms with Crippen LogP contribution in [0.5, 0.6) is 0 Å². The third-order valence-electron chi connectivity index (χ3n) is 12.4. The van der Waals surface area contributed by atoms with Gasteiger partial charge in [0.2, 0.25) is 0 Å². The Kier molecular flexibility index (Phi) is 5.97. The van der Waals surface area contributed by atoms with Crippen LogP contribution in [-0.4, -0.2) is 20.6 Å². The summed E-state index contributed by atoms with van der Waals surface area (Å²) in [7, 11) is 0. The maximum Gasteiger partial charge on any atom is 0.0973 e. The van der Waals surface area contributed by atoms with Gasteiger partial charge in [0.25, 0.3) is 0 Å². The molecule has 0 N–H and O–H groups in total. The number of rotatable bonds is 3. The largest absolute Gasteiger partial charge is 0.332 e. The third-order valence-corrected chi connectivity index (χ3v) is 12.4. The molecule has 4 nitrogen and oxygen atoms in total. The quantitative estimate of drug-likeness (QED) is 0.183. The summed E-state index contributed by atoms with van der Waals surface area (Å²) >= 11 is 0. The topological polar surface area (TPSA) is 34.0 Å². The fourth-order valence-electron chi connectivity index (χ4n) is 10.1. The number of nitrogens with zero attached hydrogens (tertiary/aromatic N) is 4. The van der Waals surface area contributed by atoms with Crippen LogP contribution in [-0.2, 0) is 0 Å². The molecule has 0 spiro atoms. The van der Waals surface area contributed by atoms with Crippen LogP contribution in [0.2, 0.25) is 0 Å². The molecule has 0 saturated heterocycles. The van der Waals surface area contributed by atoms with Gasteiger partial charge in [-0.25, -0.2) is 9.97 Å². The predicted molar refractivity (Wildman–Crippen MR) is 232 cm³/mol. The van der Waals surface area contributed by atoms with Crippen LogP contribution in [0.1, 0.15) is 17.0 Å². The Morgan fingerprint density at radius 1 is 0.536 bits per heavy atom. The molecule has 0 fully saturated rings. The molecule has 3 aliphatic rings. The highest BCUT2D eigenvalue weighted by molar-refractivity contribution is 6.27. The molecule has 2 atom stereocenters. The number of aromatic nitrogens is 3. The lowest BCUT2D eigenvalue weighted by atomic mass is 9.82. The van der Waals surface area contributed by atoms with E-state index in [0.29, 0.717) is 0 Å². The van der Waals surface area contributed by atoms with Crippen molar-refractivity contribution in [3.8, 4) is 28.2 Å². The second-order valence-electron chi connectivity index (χ2n) is 15.3. The summed E-state index contributed by atoms with van der Waals surface area (Å²) in [4.78, 5) is 13.0. The van der Waals surface area contributed by atoms with Crippen molar-refractivity contribution in [2.75, 3.05) is 4.90 Å². The van der Waals surface area contributed by atoms with E-state index in [-0.39, 0.29) is 12.0 Å². The lowest BCUT2D eigenvalue weighted by molar-refractivity contribution is 0.785. The van der Waals surface area contributed by atoms with E-state index in [2.05, 4.69) is 161 Å². The summed E-state index contributed by atoms with van der Waals surface area (Å²) in [6.07, 6.45) is 7.09. The second kappa shape index (κ2) is 11.1. The van der Waals surface area contributed by atoms with Crippen LogP contribution in [0.3, 0.4) is 0 Å². The summed E-state index contributed by atoms with van der Waals surface area (Å²) in [5.41, 5.74) is 16.0. The van der Waals surface area contributed by atoms with Crippen LogP contribution >= 0.6 is 0 Å². The maximum atomic E-state index is 5.20. The minimum absolute atomic E-state index is 0.221. The average Bonchev–Trinajstić information content (AvgIpc) is 3.91. The van der Waals surface area contributed by atoms with Gasteiger partial charge in [-0.2, -0.15) is 0 Å². The Bertz CT molecular complexity index is 3370. The SMILES string of the molecule is C1=CC2c3c(c4c5ccccc5n(-c5ccc(-c6nc7ccccc7nc6-c6ccccc6)cc5)c4c4ccccc34)N3c4cc5ccccc5cc4C(=C1)C23. The molecule has 2 aromatic heterocycles. The molecule has 56 heavy (non-hydrogen) atoms. The molecule has 1 aliphatic carbocycles. The first kappa shape index (κ1) is 30.1. The molecular weight excluding hydrogens is 681 g/mol. The van der Waals surface area contributed by atoms with Gasteiger partial charge in [0.05, 0.1) is 50.9 Å². The first-order chi connectivity index (χ1) is 27.8. The highest BCUT2D eigenvalue weighted by Gasteiger charge is 2.49. The van der Waals surface area contributed by atoms with Gasteiger partial charge >= 0.3 is 0 Å². The monoisotopic (exact) mass is 712 g/mol. The van der Waals surface area contributed by atoms with E-state index < -0.39 is 0 Å². The summed E-state index contributed by atoms with van der Waals surface area (Å²) in [6.45, 7) is 0. The number of para-hydroxylation sites is 3. The van der Waals surface area contributed by atoms with Crippen molar-refractivity contribution in [1.29, 1.82) is 0 Å². The van der Waals surface area contributed by atoms with Crippen molar-refractivity contribution >= 4 is 71.3 Å². The van der Waals surface area contributed by atoms with Gasteiger partial charge in [-0.3, -0.25) is 0 Å². The van der Waals surface area contributed by atoms with Crippen molar-refractivity contribution in [3.63, 3.8) is 0 Å². The fraction of sp³-hybridized carbons (Fsp3) is 0.0385. The van der Waals surface area contributed by atoms with Crippen molar-refractivity contribution < 1.29 is 0 Å². The zero-order chi connectivity index (χ0) is 36.5. The molecule has 0 radical (unpaired) electrons. The molecule has 4 heteroatoms. The van der Waals surface area contributed by atoms with E-state index in [1.54, 1.807) is 0 Å². The average molecular weight is 713 g/mol. The Morgan fingerprint density at radius 3 is 1.93 bits per heavy atom. The van der Waals surface area contributed by atoms with Gasteiger partial charge in [0.1, 0.15) is 0 Å². The number of fused-ring (bicyclic) bond motifs is 15. The molecule has 260 valence electrons. The number of anilines is 2. The first-order valence-corrected chi connectivity index (χ1v) is 19.4. The molecule has 10 aromatic rings. The molecule has 2 aliphatic heterocycles. The Morgan fingerprint density at radius 2 is 1.16 bits per heavy atom. The lowest BCUT2D eigenvalue weighted by Gasteiger charge is -2.24. The second-order valence-corrected chi connectivity index (χ2v) is 15.3. The van der Waals surface area contributed by atoms with E-state index in [4.69, 9.17) is 9.97 Å². The highest BCUT2D eigenvalue weighted by Crippen LogP contribution is 2.62. The minimum Gasteiger partial charge on any atom is -0.332 e. The van der Waals surface area contributed by atoms with Crippen LogP contribution in [0, 0.1) is 0 Å². The van der Waals surface area contributed by atoms with E-state index in [0.717, 1.165) is 39.2 Å². The van der Waals surface area contributed by atoms with Crippen LogP contribution in [0.25, 0.3) is 88.2 Å². The summed E-state index contributed by atoms with van der Waals surface area (Å²) in [6, 6.07) is 59.4. The normalized spacial score (nSPS) is 16.6. The first-order valence-electron chi connectivity index (χ1n) is 19.4.